The molecule has 166 valence electrons. The zero-order valence-electron chi connectivity index (χ0n) is 19.0. The molecule has 0 atom stereocenters. The maximum atomic E-state index is 12.3. The number of rotatable bonds is 19. The largest absolute Gasteiger partial charge is 0.478 e. The van der Waals surface area contributed by atoms with Crippen LogP contribution in [-0.2, 0) is 4.79 Å². The Balaban J connectivity index is 2.57. The fraction of sp³-hybridized carbons (Fsp3) is 0.731. The topological polar surface area (TPSA) is 46.5 Å². The molecule has 0 saturated heterocycles. The van der Waals surface area contributed by atoms with E-state index in [9.17, 15) is 9.90 Å². The summed E-state index contributed by atoms with van der Waals surface area (Å²) in [5.74, 6) is -0.140. The van der Waals surface area contributed by atoms with Crippen LogP contribution in [0.25, 0.3) is 0 Å². The first kappa shape index (κ1) is 25.5. The first-order chi connectivity index (χ1) is 14.1. The fourth-order valence-corrected chi connectivity index (χ4v) is 3.93. The van der Waals surface area contributed by atoms with E-state index in [4.69, 9.17) is 4.74 Å². The van der Waals surface area contributed by atoms with Gasteiger partial charge in [-0.05, 0) is 37.8 Å². The summed E-state index contributed by atoms with van der Waals surface area (Å²) in [5, 5.41) is 10.1. The maximum absolute atomic E-state index is 12.3. The third kappa shape index (κ3) is 11.3. The van der Waals surface area contributed by atoms with Gasteiger partial charge in [-0.3, -0.25) is 0 Å². The van der Waals surface area contributed by atoms with Crippen LogP contribution in [0.1, 0.15) is 117 Å². The predicted molar refractivity (Wildman–Crippen MR) is 123 cm³/mol. The summed E-state index contributed by atoms with van der Waals surface area (Å²) < 4.78 is 6.15. The summed E-state index contributed by atoms with van der Waals surface area (Å²) in [6.45, 7) is 4.46. The molecule has 0 aliphatic rings. The molecule has 0 fully saturated rings. The van der Waals surface area contributed by atoms with Crippen LogP contribution in [0.4, 0.5) is 0 Å². The number of hydrogen-bond acceptors (Lipinski definition) is 2. The van der Waals surface area contributed by atoms with Gasteiger partial charge in [-0.25, -0.2) is 4.79 Å². The lowest BCUT2D eigenvalue weighted by molar-refractivity contribution is -0.157. The predicted octanol–water partition coefficient (Wildman–Crippen LogP) is 8.17. The molecular formula is C26H44O3. The number of para-hydroxylation sites is 1. The van der Waals surface area contributed by atoms with E-state index < -0.39 is 11.6 Å². The molecule has 1 aromatic rings. The van der Waals surface area contributed by atoms with Crippen molar-refractivity contribution >= 4 is 5.97 Å². The van der Waals surface area contributed by atoms with Gasteiger partial charge in [0.15, 0.2) is 0 Å². The molecule has 3 nitrogen and oxygen atoms in total. The number of carboxylic acid groups (broad SMARTS) is 1. The van der Waals surface area contributed by atoms with Crippen LogP contribution >= 0.6 is 0 Å². The minimum Gasteiger partial charge on any atom is -0.478 e. The van der Waals surface area contributed by atoms with Gasteiger partial charge in [-0.15, -0.1) is 0 Å². The molecule has 1 rings (SSSR count). The van der Waals surface area contributed by atoms with Gasteiger partial charge in [0.25, 0.3) is 0 Å². The highest BCUT2D eigenvalue weighted by atomic mass is 16.5. The summed E-state index contributed by atoms with van der Waals surface area (Å²) >= 11 is 0. The molecule has 1 aromatic carbocycles. The second kappa shape index (κ2) is 16.3. The van der Waals surface area contributed by atoms with E-state index in [1.807, 2.05) is 30.3 Å². The lowest BCUT2D eigenvalue weighted by Crippen LogP contribution is -2.44. The second-order valence-electron chi connectivity index (χ2n) is 8.46. The first-order valence-electron chi connectivity index (χ1n) is 12.1. The second-order valence-corrected chi connectivity index (χ2v) is 8.46. The Morgan fingerprint density at radius 1 is 0.724 bits per heavy atom. The van der Waals surface area contributed by atoms with Gasteiger partial charge in [0.2, 0.25) is 5.60 Å². The van der Waals surface area contributed by atoms with Gasteiger partial charge in [0, 0.05) is 0 Å². The van der Waals surface area contributed by atoms with Crippen molar-refractivity contribution in [1.82, 2.24) is 0 Å². The molecule has 0 bridgehead atoms. The molecule has 0 spiro atoms. The van der Waals surface area contributed by atoms with E-state index in [-0.39, 0.29) is 0 Å². The molecule has 0 radical (unpaired) electrons. The van der Waals surface area contributed by atoms with Crippen molar-refractivity contribution in [2.75, 3.05) is 0 Å². The van der Waals surface area contributed by atoms with E-state index in [0.29, 0.717) is 18.6 Å². The molecule has 0 aromatic heterocycles. The van der Waals surface area contributed by atoms with Crippen molar-refractivity contribution in [3.8, 4) is 5.75 Å². The minimum absolute atomic E-state index is 0.598. The smallest absolute Gasteiger partial charge is 0.348 e. The molecule has 0 aliphatic carbocycles. The van der Waals surface area contributed by atoms with E-state index in [0.717, 1.165) is 25.7 Å². The van der Waals surface area contributed by atoms with E-state index in [1.165, 1.54) is 64.2 Å². The number of unbranched alkanes of at least 4 members (excludes halogenated alkanes) is 12. The van der Waals surface area contributed by atoms with Gasteiger partial charge in [-0.1, -0.05) is 109 Å². The number of ether oxygens (including phenoxy) is 1. The zero-order valence-corrected chi connectivity index (χ0v) is 19.0. The molecule has 0 amide bonds. The van der Waals surface area contributed by atoms with Crippen LogP contribution in [0.3, 0.4) is 0 Å². The summed E-state index contributed by atoms with van der Waals surface area (Å²) in [7, 11) is 0. The van der Waals surface area contributed by atoms with Crippen molar-refractivity contribution in [3.63, 3.8) is 0 Å². The Morgan fingerprint density at radius 3 is 1.55 bits per heavy atom. The van der Waals surface area contributed by atoms with Gasteiger partial charge >= 0.3 is 5.97 Å². The van der Waals surface area contributed by atoms with Crippen molar-refractivity contribution in [1.29, 1.82) is 0 Å². The Labute approximate surface area is 179 Å². The molecule has 0 saturated carbocycles. The third-order valence-electron chi connectivity index (χ3n) is 5.81. The third-order valence-corrected chi connectivity index (χ3v) is 5.81. The molecule has 1 N–H and O–H groups in total. The highest BCUT2D eigenvalue weighted by Gasteiger charge is 2.40. The zero-order chi connectivity index (χ0) is 21.2. The van der Waals surface area contributed by atoms with Gasteiger partial charge in [0.05, 0.1) is 0 Å². The molecule has 0 unspecified atom stereocenters. The van der Waals surface area contributed by atoms with Crippen LogP contribution in [0.2, 0.25) is 0 Å². The average molecular weight is 405 g/mol. The minimum atomic E-state index is -1.09. The first-order valence-corrected chi connectivity index (χ1v) is 12.1. The van der Waals surface area contributed by atoms with Crippen LogP contribution in [-0.4, -0.2) is 16.7 Å². The normalized spacial score (nSPS) is 11.5. The number of benzene rings is 1. The number of carbonyl (C=O) groups is 1. The van der Waals surface area contributed by atoms with Gasteiger partial charge in [-0.2, -0.15) is 0 Å². The highest BCUT2D eigenvalue weighted by Crippen LogP contribution is 2.30. The fourth-order valence-electron chi connectivity index (χ4n) is 3.93. The van der Waals surface area contributed by atoms with Crippen LogP contribution < -0.4 is 4.74 Å². The van der Waals surface area contributed by atoms with Crippen LogP contribution in [0, 0.1) is 0 Å². The maximum Gasteiger partial charge on any atom is 0.348 e. The molecule has 0 heterocycles. The SMILES string of the molecule is CCCCCCCCCC(CCCCCCCCC)(Oc1ccccc1)C(=O)O. The monoisotopic (exact) mass is 404 g/mol. The summed E-state index contributed by atoms with van der Waals surface area (Å²) in [4.78, 5) is 12.3. The van der Waals surface area contributed by atoms with E-state index >= 15 is 0 Å². The van der Waals surface area contributed by atoms with Gasteiger partial charge in [0.1, 0.15) is 5.75 Å². The molecule has 3 heteroatoms. The van der Waals surface area contributed by atoms with Crippen molar-refractivity contribution < 1.29 is 14.6 Å². The number of aliphatic carboxylic acids is 1. The van der Waals surface area contributed by atoms with Gasteiger partial charge < -0.3 is 9.84 Å². The van der Waals surface area contributed by atoms with Crippen LogP contribution in [0.5, 0.6) is 5.75 Å². The number of hydrogen-bond donors (Lipinski definition) is 1. The standard InChI is InChI=1S/C26H44O3/c1-3-5-7-9-11-13-18-22-26(25(27)28,29-24-20-16-15-17-21-24)23-19-14-12-10-8-6-4-2/h15-17,20-21H,3-14,18-19,22-23H2,1-2H3,(H,27,28). The Kier molecular flexibility index (Phi) is 14.4. The Hall–Kier alpha value is -1.51. The summed E-state index contributed by atoms with van der Waals surface area (Å²) in [6, 6.07) is 9.48. The lowest BCUT2D eigenvalue weighted by Gasteiger charge is -2.31. The average Bonchev–Trinajstić information content (AvgIpc) is 2.72. The Morgan fingerprint density at radius 2 is 1.14 bits per heavy atom. The Bertz CT molecular complexity index is 494. The quantitative estimate of drug-likeness (QED) is 0.236. The number of carboxylic acids is 1. The lowest BCUT2D eigenvalue weighted by atomic mass is 9.89. The van der Waals surface area contributed by atoms with Crippen molar-refractivity contribution in [3.05, 3.63) is 30.3 Å². The van der Waals surface area contributed by atoms with E-state index in [2.05, 4.69) is 13.8 Å². The summed E-state index contributed by atoms with van der Waals surface area (Å²) in [5.41, 5.74) is -1.09. The molecule has 0 aliphatic heterocycles. The summed E-state index contributed by atoms with van der Waals surface area (Å²) in [6.07, 6.45) is 17.8. The molecular weight excluding hydrogens is 360 g/mol. The van der Waals surface area contributed by atoms with Crippen molar-refractivity contribution in [2.24, 2.45) is 0 Å². The van der Waals surface area contributed by atoms with E-state index in [1.54, 1.807) is 0 Å². The van der Waals surface area contributed by atoms with Crippen molar-refractivity contribution in [2.45, 2.75) is 122 Å². The molecule has 29 heavy (non-hydrogen) atoms. The van der Waals surface area contributed by atoms with Crippen LogP contribution in [0.15, 0.2) is 30.3 Å². The highest BCUT2D eigenvalue weighted by molar-refractivity contribution is 5.78.